The maximum atomic E-state index is 13.5. The second kappa shape index (κ2) is 10.5. The molecule has 2 heterocycles. The summed E-state index contributed by atoms with van der Waals surface area (Å²) in [6.07, 6.45) is 0.886. The number of rotatable bonds is 5. The molecule has 1 aliphatic rings. The molecule has 1 fully saturated rings. The number of halogens is 1. The molecule has 2 aromatic carbocycles. The predicted octanol–water partition coefficient (Wildman–Crippen LogP) is 7.04. The summed E-state index contributed by atoms with van der Waals surface area (Å²) in [5.74, 6) is 0.827. The van der Waals surface area contributed by atoms with Gasteiger partial charge in [-0.15, -0.1) is 11.3 Å². The van der Waals surface area contributed by atoms with Crippen molar-refractivity contribution in [3.63, 3.8) is 0 Å². The summed E-state index contributed by atoms with van der Waals surface area (Å²) in [5.41, 5.74) is 2.89. The van der Waals surface area contributed by atoms with Crippen molar-refractivity contribution in [1.82, 2.24) is 4.90 Å². The number of thioether (sulfide) groups is 1. The summed E-state index contributed by atoms with van der Waals surface area (Å²) in [4.78, 5) is 33.1. The highest BCUT2D eigenvalue weighted by Crippen LogP contribution is 2.31. The van der Waals surface area contributed by atoms with Crippen molar-refractivity contribution in [2.24, 2.45) is 4.99 Å². The van der Waals surface area contributed by atoms with Gasteiger partial charge in [0.05, 0.1) is 21.3 Å². The minimum atomic E-state index is -0.252. The second-order valence-corrected chi connectivity index (χ2v) is 10.3. The van der Waals surface area contributed by atoms with Gasteiger partial charge in [0.15, 0.2) is 5.17 Å². The standard InChI is InChI=1S/C25H24ClN3O2S2/c1-16(2)18-7-3-4-8-20(18)28-25-29(12-6-14-33-25)24(31)17-10-11-19(26)21(15-17)27-23(30)22-9-5-13-32-22/h3-5,7-11,13,15-16H,6,12,14H2,1-2H3,(H,27,30). The van der Waals surface area contributed by atoms with E-state index in [0.717, 1.165) is 23.4 Å². The molecule has 0 bridgehead atoms. The van der Waals surface area contributed by atoms with Gasteiger partial charge in [-0.2, -0.15) is 0 Å². The van der Waals surface area contributed by atoms with Gasteiger partial charge in [-0.3, -0.25) is 14.5 Å². The lowest BCUT2D eigenvalue weighted by Gasteiger charge is -2.28. The fourth-order valence-corrected chi connectivity index (χ4v) is 5.26. The van der Waals surface area contributed by atoms with Crippen LogP contribution in [0.15, 0.2) is 65.0 Å². The minimum Gasteiger partial charge on any atom is -0.320 e. The molecule has 4 rings (SSSR count). The third kappa shape index (κ3) is 5.49. The molecule has 2 amide bonds. The quantitative estimate of drug-likeness (QED) is 0.411. The Morgan fingerprint density at radius 1 is 1.12 bits per heavy atom. The van der Waals surface area contributed by atoms with Crippen molar-refractivity contribution in [3.05, 3.63) is 81.0 Å². The van der Waals surface area contributed by atoms with Crippen molar-refractivity contribution >= 4 is 63.1 Å². The zero-order valence-electron chi connectivity index (χ0n) is 18.4. The van der Waals surface area contributed by atoms with E-state index < -0.39 is 0 Å². The molecule has 1 aliphatic heterocycles. The van der Waals surface area contributed by atoms with Gasteiger partial charge in [-0.25, -0.2) is 4.99 Å². The molecule has 0 aliphatic carbocycles. The van der Waals surface area contributed by atoms with Gasteiger partial charge in [-0.1, -0.05) is 61.5 Å². The van der Waals surface area contributed by atoms with E-state index in [1.807, 2.05) is 29.6 Å². The van der Waals surface area contributed by atoms with Crippen LogP contribution in [-0.4, -0.2) is 34.2 Å². The molecule has 0 unspecified atom stereocenters. The molecule has 1 N–H and O–H groups in total. The zero-order valence-corrected chi connectivity index (χ0v) is 20.8. The summed E-state index contributed by atoms with van der Waals surface area (Å²) in [5, 5.41) is 5.72. The van der Waals surface area contributed by atoms with Gasteiger partial charge < -0.3 is 5.32 Å². The number of benzene rings is 2. The molecule has 170 valence electrons. The maximum Gasteiger partial charge on any atom is 0.265 e. The minimum absolute atomic E-state index is 0.161. The Morgan fingerprint density at radius 2 is 1.94 bits per heavy atom. The first kappa shape index (κ1) is 23.5. The molecule has 0 saturated carbocycles. The smallest absolute Gasteiger partial charge is 0.265 e. The first-order valence-electron chi connectivity index (χ1n) is 10.7. The lowest BCUT2D eigenvalue weighted by Crippen LogP contribution is -2.39. The van der Waals surface area contributed by atoms with Crippen LogP contribution >= 0.6 is 34.7 Å². The Morgan fingerprint density at radius 3 is 2.70 bits per heavy atom. The van der Waals surface area contributed by atoms with Crippen LogP contribution in [0.4, 0.5) is 11.4 Å². The second-order valence-electron chi connectivity index (χ2n) is 7.89. The number of anilines is 1. The van der Waals surface area contributed by atoms with Gasteiger partial charge >= 0.3 is 0 Å². The van der Waals surface area contributed by atoms with Crippen LogP contribution in [0.3, 0.4) is 0 Å². The lowest BCUT2D eigenvalue weighted by atomic mass is 10.0. The third-order valence-electron chi connectivity index (χ3n) is 5.21. The van der Waals surface area contributed by atoms with Gasteiger partial charge in [0.2, 0.25) is 0 Å². The molecular weight excluding hydrogens is 474 g/mol. The van der Waals surface area contributed by atoms with Gasteiger partial charge in [0.25, 0.3) is 11.8 Å². The molecular formula is C25H24ClN3O2S2. The highest BCUT2D eigenvalue weighted by molar-refractivity contribution is 8.13. The van der Waals surface area contributed by atoms with Crippen molar-refractivity contribution < 1.29 is 9.59 Å². The van der Waals surface area contributed by atoms with E-state index in [-0.39, 0.29) is 11.8 Å². The summed E-state index contributed by atoms with van der Waals surface area (Å²) < 4.78 is 0. The van der Waals surface area contributed by atoms with E-state index in [4.69, 9.17) is 16.6 Å². The SMILES string of the molecule is CC(C)c1ccccc1N=C1SCCCN1C(=O)c1ccc(Cl)c(NC(=O)c2cccs2)c1. The summed E-state index contributed by atoms with van der Waals surface area (Å²) in [6, 6.07) is 16.5. The van der Waals surface area contributed by atoms with Gasteiger partial charge in [-0.05, 0) is 53.6 Å². The van der Waals surface area contributed by atoms with E-state index in [0.29, 0.717) is 38.8 Å². The number of aliphatic imine (C=N–C) groups is 1. The molecule has 5 nitrogen and oxygen atoms in total. The highest BCUT2D eigenvalue weighted by atomic mass is 35.5. The topological polar surface area (TPSA) is 61.8 Å². The third-order valence-corrected chi connectivity index (χ3v) is 7.48. The molecule has 1 saturated heterocycles. The van der Waals surface area contributed by atoms with Crippen molar-refractivity contribution in [1.29, 1.82) is 0 Å². The Balaban J connectivity index is 1.62. The van der Waals surface area contributed by atoms with Crippen LogP contribution < -0.4 is 5.32 Å². The zero-order chi connectivity index (χ0) is 23.4. The normalized spacial score (nSPS) is 15.2. The largest absolute Gasteiger partial charge is 0.320 e. The number of para-hydroxylation sites is 1. The Hall–Kier alpha value is -2.61. The molecule has 8 heteroatoms. The van der Waals surface area contributed by atoms with E-state index in [1.165, 1.54) is 11.3 Å². The number of carbonyl (C=O) groups is 2. The predicted molar refractivity (Wildman–Crippen MR) is 139 cm³/mol. The van der Waals surface area contributed by atoms with Crippen LogP contribution in [0, 0.1) is 0 Å². The molecule has 33 heavy (non-hydrogen) atoms. The number of hydrogen-bond acceptors (Lipinski definition) is 5. The number of hydrogen-bond donors (Lipinski definition) is 1. The van der Waals surface area contributed by atoms with Crippen LogP contribution in [0.25, 0.3) is 0 Å². The van der Waals surface area contributed by atoms with E-state index in [1.54, 1.807) is 40.9 Å². The van der Waals surface area contributed by atoms with Crippen LogP contribution in [-0.2, 0) is 0 Å². The van der Waals surface area contributed by atoms with Gasteiger partial charge in [0.1, 0.15) is 0 Å². The van der Waals surface area contributed by atoms with E-state index in [2.05, 4.69) is 25.2 Å². The van der Waals surface area contributed by atoms with Crippen molar-refractivity contribution in [2.75, 3.05) is 17.6 Å². The fourth-order valence-electron chi connectivity index (χ4n) is 3.52. The van der Waals surface area contributed by atoms with Crippen LogP contribution in [0.2, 0.25) is 5.02 Å². The average molecular weight is 498 g/mol. The lowest BCUT2D eigenvalue weighted by molar-refractivity contribution is 0.0848. The molecule has 3 aromatic rings. The number of carbonyl (C=O) groups excluding carboxylic acids is 2. The Labute approximate surface area is 206 Å². The molecule has 0 spiro atoms. The Kier molecular flexibility index (Phi) is 7.53. The monoisotopic (exact) mass is 497 g/mol. The van der Waals surface area contributed by atoms with E-state index >= 15 is 0 Å². The van der Waals surface area contributed by atoms with Crippen LogP contribution in [0.1, 0.15) is 51.8 Å². The average Bonchev–Trinajstić information content (AvgIpc) is 3.36. The summed E-state index contributed by atoms with van der Waals surface area (Å²) in [6.45, 7) is 4.86. The van der Waals surface area contributed by atoms with Crippen molar-refractivity contribution in [3.8, 4) is 0 Å². The molecule has 0 radical (unpaired) electrons. The summed E-state index contributed by atoms with van der Waals surface area (Å²) >= 11 is 9.24. The van der Waals surface area contributed by atoms with Crippen molar-refractivity contribution in [2.45, 2.75) is 26.2 Å². The number of thiophene rings is 1. The molecule has 1 aromatic heterocycles. The van der Waals surface area contributed by atoms with E-state index in [9.17, 15) is 9.59 Å². The number of amidine groups is 1. The number of nitrogens with zero attached hydrogens (tertiary/aromatic N) is 2. The van der Waals surface area contributed by atoms with Crippen LogP contribution in [0.5, 0.6) is 0 Å². The first-order chi connectivity index (χ1) is 15.9. The van der Waals surface area contributed by atoms with Gasteiger partial charge in [0, 0.05) is 17.9 Å². The number of nitrogens with one attached hydrogen (secondary N) is 1. The first-order valence-corrected chi connectivity index (χ1v) is 12.9. The summed E-state index contributed by atoms with van der Waals surface area (Å²) in [7, 11) is 0. The maximum absolute atomic E-state index is 13.5. The highest BCUT2D eigenvalue weighted by Gasteiger charge is 2.26. The number of amides is 2. The Bertz CT molecular complexity index is 1190. The fraction of sp³-hybridized carbons (Fsp3) is 0.240. The molecule has 0 atom stereocenters.